The van der Waals surface area contributed by atoms with Gasteiger partial charge in [0.05, 0.1) is 0 Å². The molecule has 84 valence electrons. The van der Waals surface area contributed by atoms with Crippen molar-refractivity contribution in [2.75, 3.05) is 13.6 Å². The van der Waals surface area contributed by atoms with Crippen molar-refractivity contribution in [3.05, 3.63) is 34.3 Å². The Kier molecular flexibility index (Phi) is 5.34. The lowest BCUT2D eigenvalue weighted by molar-refractivity contribution is 0.374. The number of nitrogens with one attached hydrogen (secondary N) is 1. The van der Waals surface area contributed by atoms with E-state index >= 15 is 0 Å². The number of halogens is 1. The third kappa shape index (κ3) is 3.96. The average Bonchev–Trinajstić information content (AvgIpc) is 2.21. The molecule has 0 heterocycles. The van der Waals surface area contributed by atoms with Gasteiger partial charge in [0.15, 0.2) is 0 Å². The Hall–Kier alpha value is -0.340. The summed E-state index contributed by atoms with van der Waals surface area (Å²) in [6.07, 6.45) is 1.14. The minimum atomic E-state index is 0.705. The van der Waals surface area contributed by atoms with Gasteiger partial charge in [-0.3, -0.25) is 0 Å². The van der Waals surface area contributed by atoms with Crippen molar-refractivity contribution in [1.82, 2.24) is 5.32 Å². The van der Waals surface area contributed by atoms with Crippen molar-refractivity contribution >= 4 is 15.9 Å². The first kappa shape index (κ1) is 12.7. The molecule has 0 fully saturated rings. The van der Waals surface area contributed by atoms with Crippen LogP contribution >= 0.6 is 15.9 Å². The van der Waals surface area contributed by atoms with Gasteiger partial charge in [-0.1, -0.05) is 48.0 Å². The smallest absolute Gasteiger partial charge is 0.0207 e. The van der Waals surface area contributed by atoms with Crippen LogP contribution in [0.2, 0.25) is 0 Å². The first-order valence-electron chi connectivity index (χ1n) is 5.53. The molecule has 15 heavy (non-hydrogen) atoms. The van der Waals surface area contributed by atoms with Crippen molar-refractivity contribution < 1.29 is 0 Å². The molecule has 2 unspecified atom stereocenters. The summed E-state index contributed by atoms with van der Waals surface area (Å²) in [5, 5.41) is 3.24. The standard InChI is InChI=1S/C13H20BrN/c1-10(11(2)9-15-3)8-12-6-4-5-7-13(12)14/h4-7,10-11,15H,8-9H2,1-3H3. The van der Waals surface area contributed by atoms with Gasteiger partial charge < -0.3 is 5.32 Å². The van der Waals surface area contributed by atoms with Crippen LogP contribution < -0.4 is 5.32 Å². The number of rotatable bonds is 5. The van der Waals surface area contributed by atoms with E-state index in [-0.39, 0.29) is 0 Å². The highest BCUT2D eigenvalue weighted by Crippen LogP contribution is 2.22. The Labute approximate surface area is 101 Å². The van der Waals surface area contributed by atoms with E-state index in [0.29, 0.717) is 11.8 Å². The number of hydrogen-bond donors (Lipinski definition) is 1. The molecule has 1 aromatic rings. The van der Waals surface area contributed by atoms with Gasteiger partial charge in [0.1, 0.15) is 0 Å². The maximum absolute atomic E-state index is 3.60. The van der Waals surface area contributed by atoms with E-state index in [1.165, 1.54) is 10.0 Å². The van der Waals surface area contributed by atoms with Crippen LogP contribution in [-0.2, 0) is 6.42 Å². The molecule has 1 rings (SSSR count). The Bertz CT molecular complexity index is 298. The SMILES string of the molecule is CNCC(C)C(C)Cc1ccccc1Br. The van der Waals surface area contributed by atoms with E-state index < -0.39 is 0 Å². The highest BCUT2D eigenvalue weighted by Gasteiger charge is 2.12. The normalized spacial score (nSPS) is 14.9. The first-order chi connectivity index (χ1) is 7.15. The molecule has 0 radical (unpaired) electrons. The van der Waals surface area contributed by atoms with Crippen LogP contribution in [0.15, 0.2) is 28.7 Å². The minimum Gasteiger partial charge on any atom is -0.319 e. The molecule has 0 saturated heterocycles. The summed E-state index contributed by atoms with van der Waals surface area (Å²) >= 11 is 3.60. The van der Waals surface area contributed by atoms with Gasteiger partial charge in [-0.2, -0.15) is 0 Å². The monoisotopic (exact) mass is 269 g/mol. The summed E-state index contributed by atoms with van der Waals surface area (Å²) in [5.74, 6) is 1.42. The zero-order valence-corrected chi connectivity index (χ0v) is 11.3. The van der Waals surface area contributed by atoms with Gasteiger partial charge in [0.25, 0.3) is 0 Å². The number of benzene rings is 1. The molecule has 0 spiro atoms. The highest BCUT2D eigenvalue weighted by molar-refractivity contribution is 9.10. The predicted molar refractivity (Wildman–Crippen MR) is 70.1 cm³/mol. The third-order valence-electron chi connectivity index (χ3n) is 3.00. The Balaban J connectivity index is 2.58. The molecule has 0 saturated carbocycles. The zero-order chi connectivity index (χ0) is 11.3. The van der Waals surface area contributed by atoms with Gasteiger partial charge in [-0.25, -0.2) is 0 Å². The Morgan fingerprint density at radius 2 is 1.87 bits per heavy atom. The van der Waals surface area contributed by atoms with E-state index in [2.05, 4.69) is 59.4 Å². The van der Waals surface area contributed by atoms with Gasteiger partial charge in [-0.15, -0.1) is 0 Å². The fourth-order valence-corrected chi connectivity index (χ4v) is 2.18. The first-order valence-corrected chi connectivity index (χ1v) is 6.32. The van der Waals surface area contributed by atoms with Crippen molar-refractivity contribution in [1.29, 1.82) is 0 Å². The summed E-state index contributed by atoms with van der Waals surface area (Å²) in [6, 6.07) is 8.49. The zero-order valence-electron chi connectivity index (χ0n) is 9.76. The molecule has 0 bridgehead atoms. The quantitative estimate of drug-likeness (QED) is 0.863. The highest BCUT2D eigenvalue weighted by atomic mass is 79.9. The molecule has 1 aromatic carbocycles. The van der Waals surface area contributed by atoms with Crippen LogP contribution in [0.3, 0.4) is 0 Å². The average molecular weight is 270 g/mol. The van der Waals surface area contributed by atoms with Crippen LogP contribution in [0.4, 0.5) is 0 Å². The molecule has 2 atom stereocenters. The lowest BCUT2D eigenvalue weighted by atomic mass is 9.90. The third-order valence-corrected chi connectivity index (χ3v) is 3.77. The molecule has 0 aliphatic rings. The minimum absolute atomic E-state index is 0.705. The largest absolute Gasteiger partial charge is 0.319 e. The van der Waals surface area contributed by atoms with E-state index in [1.807, 2.05) is 7.05 Å². The van der Waals surface area contributed by atoms with Gasteiger partial charge in [0, 0.05) is 4.47 Å². The number of hydrogen-bond acceptors (Lipinski definition) is 1. The van der Waals surface area contributed by atoms with Gasteiger partial charge in [0.2, 0.25) is 0 Å². The molecule has 0 aliphatic heterocycles. The predicted octanol–water partition coefficient (Wildman–Crippen LogP) is 3.48. The van der Waals surface area contributed by atoms with E-state index in [1.54, 1.807) is 0 Å². The van der Waals surface area contributed by atoms with E-state index in [0.717, 1.165) is 13.0 Å². The van der Waals surface area contributed by atoms with Gasteiger partial charge in [-0.05, 0) is 43.5 Å². The topological polar surface area (TPSA) is 12.0 Å². The summed E-state index contributed by atoms with van der Waals surface area (Å²) in [5.41, 5.74) is 1.41. The lowest BCUT2D eigenvalue weighted by Gasteiger charge is -2.20. The molecule has 1 N–H and O–H groups in total. The van der Waals surface area contributed by atoms with Crippen LogP contribution in [0, 0.1) is 11.8 Å². The molecular formula is C13H20BrN. The van der Waals surface area contributed by atoms with Crippen LogP contribution in [0.25, 0.3) is 0 Å². The fraction of sp³-hybridized carbons (Fsp3) is 0.538. The molecule has 0 aliphatic carbocycles. The molecule has 2 heteroatoms. The lowest BCUT2D eigenvalue weighted by Crippen LogP contribution is -2.23. The summed E-state index contributed by atoms with van der Waals surface area (Å²) in [6.45, 7) is 5.71. The molecular weight excluding hydrogens is 250 g/mol. The maximum atomic E-state index is 3.60. The Morgan fingerprint density at radius 1 is 1.20 bits per heavy atom. The summed E-state index contributed by atoms with van der Waals surface area (Å²) < 4.78 is 1.23. The summed E-state index contributed by atoms with van der Waals surface area (Å²) in [7, 11) is 2.02. The van der Waals surface area contributed by atoms with Crippen molar-refractivity contribution in [2.24, 2.45) is 11.8 Å². The molecule has 0 aromatic heterocycles. The van der Waals surface area contributed by atoms with Crippen LogP contribution in [0.1, 0.15) is 19.4 Å². The maximum Gasteiger partial charge on any atom is 0.0207 e. The fourth-order valence-electron chi connectivity index (χ4n) is 1.74. The Morgan fingerprint density at radius 3 is 2.47 bits per heavy atom. The van der Waals surface area contributed by atoms with Crippen molar-refractivity contribution in [2.45, 2.75) is 20.3 Å². The van der Waals surface area contributed by atoms with E-state index in [4.69, 9.17) is 0 Å². The molecule has 0 amide bonds. The van der Waals surface area contributed by atoms with Crippen LogP contribution in [-0.4, -0.2) is 13.6 Å². The van der Waals surface area contributed by atoms with Gasteiger partial charge >= 0.3 is 0 Å². The second-order valence-corrected chi connectivity index (χ2v) is 5.16. The van der Waals surface area contributed by atoms with E-state index in [9.17, 15) is 0 Å². The summed E-state index contributed by atoms with van der Waals surface area (Å²) in [4.78, 5) is 0. The molecule has 1 nitrogen and oxygen atoms in total. The van der Waals surface area contributed by atoms with Crippen LogP contribution in [0.5, 0.6) is 0 Å². The van der Waals surface area contributed by atoms with Crippen molar-refractivity contribution in [3.63, 3.8) is 0 Å². The second kappa shape index (κ2) is 6.29. The second-order valence-electron chi connectivity index (χ2n) is 4.31. The van der Waals surface area contributed by atoms with Crippen molar-refractivity contribution in [3.8, 4) is 0 Å².